The summed E-state index contributed by atoms with van der Waals surface area (Å²) >= 11 is 4.61. The van der Waals surface area contributed by atoms with E-state index < -0.39 is 9.84 Å². The van der Waals surface area contributed by atoms with Gasteiger partial charge in [0, 0.05) is 6.26 Å². The van der Waals surface area contributed by atoms with Crippen LogP contribution in [0.15, 0.2) is 34.3 Å². The zero-order valence-electron chi connectivity index (χ0n) is 9.47. The predicted molar refractivity (Wildman–Crippen MR) is 71.7 cm³/mol. The van der Waals surface area contributed by atoms with Gasteiger partial charge in [0.05, 0.1) is 10.6 Å². The first-order valence-electron chi connectivity index (χ1n) is 4.71. The van der Waals surface area contributed by atoms with Crippen molar-refractivity contribution in [1.82, 2.24) is 5.43 Å². The quantitative estimate of drug-likeness (QED) is 0.479. The summed E-state index contributed by atoms with van der Waals surface area (Å²) in [5.41, 5.74) is 9.16. The number of benzene rings is 1. The molecule has 1 aromatic carbocycles. The molecule has 0 saturated carbocycles. The van der Waals surface area contributed by atoms with E-state index in [9.17, 15) is 8.42 Å². The van der Waals surface area contributed by atoms with E-state index >= 15 is 0 Å². The minimum absolute atomic E-state index is 0.0807. The molecule has 0 aliphatic heterocycles. The summed E-state index contributed by atoms with van der Waals surface area (Å²) in [5.74, 6) is 0. The molecule has 5 nitrogen and oxygen atoms in total. The molecule has 0 aliphatic carbocycles. The monoisotopic (exact) mass is 271 g/mol. The van der Waals surface area contributed by atoms with Gasteiger partial charge in [-0.3, -0.25) is 5.43 Å². The molecule has 1 aromatic rings. The Bertz CT molecular complexity index is 547. The van der Waals surface area contributed by atoms with Gasteiger partial charge >= 0.3 is 0 Å². The molecule has 0 fully saturated rings. The van der Waals surface area contributed by atoms with Crippen LogP contribution in [0.5, 0.6) is 0 Å². The molecule has 0 aromatic heterocycles. The largest absolute Gasteiger partial charge is 0.375 e. The first-order chi connectivity index (χ1) is 7.80. The van der Waals surface area contributed by atoms with Gasteiger partial charge in [0.15, 0.2) is 14.9 Å². The molecular formula is C10H13N3O2S2. The minimum Gasteiger partial charge on any atom is -0.375 e. The molecule has 0 spiro atoms. The normalized spacial score (nSPS) is 12.2. The Balaban J connectivity index is 2.95. The zero-order chi connectivity index (χ0) is 13.1. The number of nitrogens with zero attached hydrogens (tertiary/aromatic N) is 1. The highest BCUT2D eigenvalue weighted by Crippen LogP contribution is 2.10. The summed E-state index contributed by atoms with van der Waals surface area (Å²) in [6.07, 6.45) is 1.16. The van der Waals surface area contributed by atoms with Crippen molar-refractivity contribution >= 4 is 32.9 Å². The first kappa shape index (κ1) is 13.6. The van der Waals surface area contributed by atoms with E-state index in [0.717, 1.165) is 11.8 Å². The maximum absolute atomic E-state index is 11.3. The Morgan fingerprint density at radius 1 is 1.35 bits per heavy atom. The molecule has 0 amide bonds. The van der Waals surface area contributed by atoms with Crippen LogP contribution in [0.3, 0.4) is 0 Å². The maximum atomic E-state index is 11.3. The first-order valence-corrected chi connectivity index (χ1v) is 7.01. The second-order valence-electron chi connectivity index (χ2n) is 3.47. The molecule has 0 radical (unpaired) electrons. The highest BCUT2D eigenvalue weighted by molar-refractivity contribution is 7.90. The van der Waals surface area contributed by atoms with Crippen molar-refractivity contribution in [2.45, 2.75) is 11.8 Å². The van der Waals surface area contributed by atoms with Crippen LogP contribution < -0.4 is 11.2 Å². The molecule has 92 valence electrons. The van der Waals surface area contributed by atoms with Gasteiger partial charge in [-0.05, 0) is 36.8 Å². The van der Waals surface area contributed by atoms with E-state index in [-0.39, 0.29) is 10.0 Å². The number of hydrogen-bond acceptors (Lipinski definition) is 4. The van der Waals surface area contributed by atoms with Crippen LogP contribution in [0.4, 0.5) is 0 Å². The summed E-state index contributed by atoms with van der Waals surface area (Å²) in [7, 11) is -3.17. The van der Waals surface area contributed by atoms with E-state index in [4.69, 9.17) is 5.73 Å². The van der Waals surface area contributed by atoms with E-state index in [1.165, 1.54) is 12.1 Å². The van der Waals surface area contributed by atoms with Gasteiger partial charge in [0.25, 0.3) is 0 Å². The van der Waals surface area contributed by atoms with Crippen molar-refractivity contribution in [3.8, 4) is 0 Å². The molecule has 7 heteroatoms. The lowest BCUT2D eigenvalue weighted by atomic mass is 10.1. The highest BCUT2D eigenvalue weighted by Gasteiger charge is 2.06. The zero-order valence-corrected chi connectivity index (χ0v) is 11.1. The third kappa shape index (κ3) is 4.12. The van der Waals surface area contributed by atoms with Gasteiger partial charge in [0.2, 0.25) is 0 Å². The van der Waals surface area contributed by atoms with Crippen LogP contribution >= 0.6 is 12.2 Å². The van der Waals surface area contributed by atoms with E-state index in [0.29, 0.717) is 5.71 Å². The number of nitrogens with one attached hydrogen (secondary N) is 1. The third-order valence-corrected chi connectivity index (χ3v) is 3.25. The Morgan fingerprint density at radius 3 is 2.29 bits per heavy atom. The smallest absolute Gasteiger partial charge is 0.184 e. The molecule has 0 unspecified atom stereocenters. The number of thiocarbonyl (C=S) groups is 1. The third-order valence-electron chi connectivity index (χ3n) is 2.03. The Morgan fingerprint density at radius 2 is 1.88 bits per heavy atom. The lowest BCUT2D eigenvalue weighted by Gasteiger charge is -2.03. The highest BCUT2D eigenvalue weighted by atomic mass is 32.2. The summed E-state index contributed by atoms with van der Waals surface area (Å²) in [6, 6.07) is 6.42. The number of nitrogens with two attached hydrogens (primary N) is 1. The number of hydrazone groups is 1. The fourth-order valence-electron chi connectivity index (χ4n) is 1.15. The Hall–Kier alpha value is -1.47. The van der Waals surface area contributed by atoms with Gasteiger partial charge in [-0.2, -0.15) is 5.10 Å². The molecule has 0 bridgehead atoms. The van der Waals surface area contributed by atoms with Crippen molar-refractivity contribution in [1.29, 1.82) is 0 Å². The van der Waals surface area contributed by atoms with Crippen molar-refractivity contribution in [3.05, 3.63) is 29.8 Å². The average molecular weight is 271 g/mol. The number of sulfone groups is 1. The topological polar surface area (TPSA) is 84.5 Å². The molecular weight excluding hydrogens is 258 g/mol. The van der Waals surface area contributed by atoms with Crippen LogP contribution in [0.25, 0.3) is 0 Å². The second kappa shape index (κ2) is 5.24. The van der Waals surface area contributed by atoms with E-state index in [1.807, 2.05) is 0 Å². The molecule has 0 heterocycles. The average Bonchev–Trinajstić information content (AvgIpc) is 2.25. The minimum atomic E-state index is -3.17. The van der Waals surface area contributed by atoms with Crippen molar-refractivity contribution in [2.75, 3.05) is 6.26 Å². The SMILES string of the molecule is CC(=NNC(N)=S)c1ccc(S(C)(=O)=O)cc1. The number of rotatable bonds is 3. The Labute approximate surface area is 106 Å². The van der Waals surface area contributed by atoms with Crippen LogP contribution in [-0.4, -0.2) is 25.5 Å². The van der Waals surface area contributed by atoms with Gasteiger partial charge in [0.1, 0.15) is 0 Å². The molecule has 0 saturated heterocycles. The van der Waals surface area contributed by atoms with E-state index in [2.05, 4.69) is 22.7 Å². The van der Waals surface area contributed by atoms with Crippen molar-refractivity contribution in [3.63, 3.8) is 0 Å². The molecule has 0 atom stereocenters. The fraction of sp³-hybridized carbons (Fsp3) is 0.200. The Kier molecular flexibility index (Phi) is 4.19. The summed E-state index contributed by atoms with van der Waals surface area (Å²) < 4.78 is 22.5. The van der Waals surface area contributed by atoms with E-state index in [1.54, 1.807) is 19.1 Å². The standard InChI is InChI=1S/C10H13N3O2S2/c1-7(12-13-10(11)16)8-3-5-9(6-4-8)17(2,14)15/h3-6H,1-2H3,(H3,11,13,16). The van der Waals surface area contributed by atoms with Crippen molar-refractivity contribution in [2.24, 2.45) is 10.8 Å². The lowest BCUT2D eigenvalue weighted by molar-refractivity contribution is 0.602. The van der Waals surface area contributed by atoms with Crippen LogP contribution in [0, 0.1) is 0 Å². The van der Waals surface area contributed by atoms with Gasteiger partial charge in [-0.1, -0.05) is 12.1 Å². The van der Waals surface area contributed by atoms with Crippen molar-refractivity contribution < 1.29 is 8.42 Å². The van der Waals surface area contributed by atoms with Gasteiger partial charge < -0.3 is 5.73 Å². The van der Waals surface area contributed by atoms with Gasteiger partial charge in [-0.25, -0.2) is 8.42 Å². The van der Waals surface area contributed by atoms with Gasteiger partial charge in [-0.15, -0.1) is 0 Å². The molecule has 0 aliphatic rings. The molecule has 17 heavy (non-hydrogen) atoms. The lowest BCUT2D eigenvalue weighted by Crippen LogP contribution is -2.25. The summed E-state index contributed by atoms with van der Waals surface area (Å²) in [5, 5.41) is 4.02. The molecule has 1 rings (SSSR count). The fourth-order valence-corrected chi connectivity index (χ4v) is 1.82. The summed E-state index contributed by atoms with van der Waals surface area (Å²) in [6.45, 7) is 1.76. The number of hydrogen-bond donors (Lipinski definition) is 2. The van der Waals surface area contributed by atoms with Crippen LogP contribution in [0.2, 0.25) is 0 Å². The maximum Gasteiger partial charge on any atom is 0.184 e. The van der Waals surface area contributed by atoms with Crippen LogP contribution in [-0.2, 0) is 9.84 Å². The second-order valence-corrected chi connectivity index (χ2v) is 5.93. The van der Waals surface area contributed by atoms with Crippen LogP contribution in [0.1, 0.15) is 12.5 Å². The molecule has 3 N–H and O–H groups in total. The predicted octanol–water partition coefficient (Wildman–Crippen LogP) is 0.647. The summed E-state index contributed by atoms with van der Waals surface area (Å²) in [4.78, 5) is 0.274.